The summed E-state index contributed by atoms with van der Waals surface area (Å²) in [6.07, 6.45) is 3.27. The fourth-order valence-corrected chi connectivity index (χ4v) is 2.97. The second-order valence-electron chi connectivity index (χ2n) is 4.90. The maximum Gasteiger partial charge on any atom is 0.273 e. The van der Waals surface area contributed by atoms with Crippen molar-refractivity contribution in [2.45, 2.75) is 24.9 Å². The van der Waals surface area contributed by atoms with Crippen LogP contribution in [-0.2, 0) is 0 Å². The van der Waals surface area contributed by atoms with Gasteiger partial charge in [0.2, 0.25) is 0 Å². The SMILES string of the molecule is O=C(NC1CC2CC1CN2)c1ncc(Cl)cc1F. The minimum absolute atomic E-state index is 0.126. The number of piperidine rings is 1. The number of carbonyl (C=O) groups excluding carboxylic acids is 1. The zero-order chi connectivity index (χ0) is 12.7. The molecule has 1 aromatic heterocycles. The average Bonchev–Trinajstić information content (AvgIpc) is 2.90. The zero-order valence-corrected chi connectivity index (χ0v) is 10.4. The number of hydrogen-bond donors (Lipinski definition) is 2. The standard InChI is InChI=1S/C12H13ClFN3O/c13-7-2-9(14)11(16-5-7)12(18)17-10-3-8-1-6(10)4-15-8/h2,5-6,8,10,15H,1,3-4H2,(H,17,18). The average molecular weight is 270 g/mol. The first-order chi connectivity index (χ1) is 8.63. The molecule has 1 saturated heterocycles. The molecule has 3 unspecified atom stereocenters. The van der Waals surface area contributed by atoms with Crippen molar-refractivity contribution in [2.24, 2.45) is 5.92 Å². The Balaban J connectivity index is 1.71. The Labute approximate surface area is 109 Å². The van der Waals surface area contributed by atoms with Crippen molar-refractivity contribution in [2.75, 3.05) is 6.54 Å². The van der Waals surface area contributed by atoms with Gasteiger partial charge < -0.3 is 10.6 Å². The van der Waals surface area contributed by atoms with Crippen molar-refractivity contribution < 1.29 is 9.18 Å². The molecule has 0 spiro atoms. The van der Waals surface area contributed by atoms with Gasteiger partial charge in [0, 0.05) is 24.8 Å². The van der Waals surface area contributed by atoms with Gasteiger partial charge in [-0.2, -0.15) is 0 Å². The van der Waals surface area contributed by atoms with Gasteiger partial charge in [0.15, 0.2) is 11.5 Å². The maximum atomic E-state index is 13.5. The molecule has 4 nitrogen and oxygen atoms in total. The predicted octanol–water partition coefficient (Wildman–Crippen LogP) is 1.35. The molecule has 0 radical (unpaired) electrons. The van der Waals surface area contributed by atoms with Gasteiger partial charge in [-0.05, 0) is 24.8 Å². The van der Waals surface area contributed by atoms with Crippen molar-refractivity contribution in [3.63, 3.8) is 0 Å². The third kappa shape index (κ3) is 2.08. The quantitative estimate of drug-likeness (QED) is 0.852. The third-order valence-electron chi connectivity index (χ3n) is 3.70. The number of aromatic nitrogens is 1. The van der Waals surface area contributed by atoms with Gasteiger partial charge >= 0.3 is 0 Å². The van der Waals surface area contributed by atoms with E-state index >= 15 is 0 Å². The monoisotopic (exact) mass is 269 g/mol. The van der Waals surface area contributed by atoms with Gasteiger partial charge in [-0.3, -0.25) is 4.79 Å². The lowest BCUT2D eigenvalue weighted by atomic mass is 10.0. The van der Waals surface area contributed by atoms with Crippen molar-refractivity contribution in [3.05, 3.63) is 28.8 Å². The van der Waals surface area contributed by atoms with E-state index in [0.29, 0.717) is 12.0 Å². The second-order valence-corrected chi connectivity index (χ2v) is 5.34. The first kappa shape index (κ1) is 11.9. The van der Waals surface area contributed by atoms with E-state index in [1.807, 2.05) is 0 Å². The molecule has 1 aliphatic carbocycles. The van der Waals surface area contributed by atoms with E-state index in [4.69, 9.17) is 11.6 Å². The second kappa shape index (κ2) is 4.48. The van der Waals surface area contributed by atoms with E-state index in [2.05, 4.69) is 15.6 Å². The van der Waals surface area contributed by atoms with E-state index in [-0.39, 0.29) is 16.8 Å². The molecule has 3 atom stereocenters. The van der Waals surface area contributed by atoms with Crippen molar-refractivity contribution in [1.29, 1.82) is 0 Å². The molecule has 1 aromatic rings. The molecule has 1 amide bonds. The van der Waals surface area contributed by atoms with Gasteiger partial charge in [0.05, 0.1) is 5.02 Å². The number of amides is 1. The fourth-order valence-electron chi connectivity index (χ4n) is 2.83. The minimum Gasteiger partial charge on any atom is -0.347 e. The zero-order valence-electron chi connectivity index (χ0n) is 9.62. The van der Waals surface area contributed by atoms with Crippen molar-refractivity contribution in [1.82, 2.24) is 15.6 Å². The van der Waals surface area contributed by atoms with Gasteiger partial charge in [-0.15, -0.1) is 0 Å². The van der Waals surface area contributed by atoms with Gasteiger partial charge in [-0.25, -0.2) is 9.37 Å². The predicted molar refractivity (Wildman–Crippen MR) is 65.0 cm³/mol. The Morgan fingerprint density at radius 1 is 1.56 bits per heavy atom. The van der Waals surface area contributed by atoms with Crippen LogP contribution in [0.2, 0.25) is 5.02 Å². The molecule has 2 heterocycles. The Kier molecular flexibility index (Phi) is 2.95. The highest BCUT2D eigenvalue weighted by Gasteiger charge is 2.40. The smallest absolute Gasteiger partial charge is 0.273 e. The molecule has 2 bridgehead atoms. The number of nitrogens with zero attached hydrogens (tertiary/aromatic N) is 1. The van der Waals surface area contributed by atoms with E-state index in [1.165, 1.54) is 6.20 Å². The number of halogens is 2. The molecule has 1 aliphatic heterocycles. The summed E-state index contributed by atoms with van der Waals surface area (Å²) in [7, 11) is 0. The molecule has 1 saturated carbocycles. The van der Waals surface area contributed by atoms with Crippen LogP contribution in [0.5, 0.6) is 0 Å². The number of nitrogens with one attached hydrogen (secondary N) is 2. The number of hydrogen-bond acceptors (Lipinski definition) is 3. The molecule has 2 fully saturated rings. The van der Waals surface area contributed by atoms with Crippen LogP contribution in [0.1, 0.15) is 23.3 Å². The minimum atomic E-state index is -0.679. The lowest BCUT2D eigenvalue weighted by molar-refractivity contribution is 0.0915. The third-order valence-corrected chi connectivity index (χ3v) is 3.91. The van der Waals surface area contributed by atoms with E-state index in [9.17, 15) is 9.18 Å². The Hall–Kier alpha value is -1.20. The molecule has 6 heteroatoms. The Morgan fingerprint density at radius 3 is 3.00 bits per heavy atom. The largest absolute Gasteiger partial charge is 0.347 e. The number of fused-ring (bicyclic) bond motifs is 2. The summed E-state index contributed by atoms with van der Waals surface area (Å²) >= 11 is 5.60. The van der Waals surface area contributed by atoms with Crippen molar-refractivity contribution >= 4 is 17.5 Å². The fraction of sp³-hybridized carbons (Fsp3) is 0.500. The number of carbonyl (C=O) groups is 1. The first-order valence-electron chi connectivity index (χ1n) is 5.99. The van der Waals surface area contributed by atoms with E-state index in [0.717, 1.165) is 25.5 Å². The summed E-state index contributed by atoms with van der Waals surface area (Å²) in [6, 6.07) is 1.72. The highest BCUT2D eigenvalue weighted by atomic mass is 35.5. The normalized spacial score (nSPS) is 29.6. The van der Waals surface area contributed by atoms with Gasteiger partial charge in [-0.1, -0.05) is 11.6 Å². The molecule has 2 N–H and O–H groups in total. The summed E-state index contributed by atoms with van der Waals surface area (Å²) in [5.41, 5.74) is -0.185. The highest BCUT2D eigenvalue weighted by Crippen LogP contribution is 2.31. The molecule has 2 aliphatic rings. The first-order valence-corrected chi connectivity index (χ1v) is 6.36. The summed E-state index contributed by atoms with van der Waals surface area (Å²) in [4.78, 5) is 15.7. The Morgan fingerprint density at radius 2 is 2.39 bits per heavy atom. The summed E-state index contributed by atoms with van der Waals surface area (Å²) < 4.78 is 13.5. The Bertz CT molecular complexity index is 496. The molecule has 0 aromatic carbocycles. The summed E-state index contributed by atoms with van der Waals surface area (Å²) in [6.45, 7) is 0.923. The molecule has 96 valence electrons. The molecule has 3 rings (SSSR count). The van der Waals surface area contributed by atoms with Crippen LogP contribution in [0.3, 0.4) is 0 Å². The van der Waals surface area contributed by atoms with Crippen LogP contribution >= 0.6 is 11.6 Å². The van der Waals surface area contributed by atoms with E-state index < -0.39 is 11.7 Å². The van der Waals surface area contributed by atoms with E-state index in [1.54, 1.807) is 0 Å². The lowest BCUT2D eigenvalue weighted by Gasteiger charge is -2.23. The lowest BCUT2D eigenvalue weighted by Crippen LogP contribution is -2.44. The van der Waals surface area contributed by atoms with Crippen LogP contribution in [0, 0.1) is 11.7 Å². The molecule has 18 heavy (non-hydrogen) atoms. The molecular weight excluding hydrogens is 257 g/mol. The highest BCUT2D eigenvalue weighted by molar-refractivity contribution is 6.30. The summed E-state index contributed by atoms with van der Waals surface area (Å²) in [5.74, 6) is -0.683. The van der Waals surface area contributed by atoms with Crippen LogP contribution in [-0.4, -0.2) is 29.5 Å². The topological polar surface area (TPSA) is 54.0 Å². The van der Waals surface area contributed by atoms with Gasteiger partial charge in [0.25, 0.3) is 5.91 Å². The van der Waals surface area contributed by atoms with Crippen LogP contribution < -0.4 is 10.6 Å². The van der Waals surface area contributed by atoms with Crippen LogP contribution in [0.15, 0.2) is 12.3 Å². The van der Waals surface area contributed by atoms with Crippen LogP contribution in [0.4, 0.5) is 4.39 Å². The number of rotatable bonds is 2. The van der Waals surface area contributed by atoms with Gasteiger partial charge in [0.1, 0.15) is 0 Å². The number of pyridine rings is 1. The summed E-state index contributed by atoms with van der Waals surface area (Å²) in [5, 5.41) is 6.41. The van der Waals surface area contributed by atoms with Crippen LogP contribution in [0.25, 0.3) is 0 Å². The maximum absolute atomic E-state index is 13.5. The molecular formula is C12H13ClFN3O. The van der Waals surface area contributed by atoms with Crippen molar-refractivity contribution in [3.8, 4) is 0 Å².